The zero-order valence-electron chi connectivity index (χ0n) is 12.3. The molecule has 1 aromatic heterocycles. The Bertz CT molecular complexity index is 717. The topological polar surface area (TPSA) is 119 Å². The third kappa shape index (κ3) is 3.46. The molecule has 3 rings (SSSR count). The lowest BCUT2D eigenvalue weighted by Gasteiger charge is -2.27. The van der Waals surface area contributed by atoms with Crippen LogP contribution in [0.25, 0.3) is 0 Å². The number of nitrogen functional groups attached to an aromatic ring is 1. The number of aromatic nitrogens is 2. The number of nitrogens with one attached hydrogen (secondary N) is 1. The van der Waals surface area contributed by atoms with Gasteiger partial charge in [-0.2, -0.15) is 0 Å². The van der Waals surface area contributed by atoms with Crippen molar-refractivity contribution in [1.29, 1.82) is 0 Å². The van der Waals surface area contributed by atoms with E-state index in [1.165, 1.54) is 18.5 Å². The summed E-state index contributed by atoms with van der Waals surface area (Å²) >= 11 is 0. The summed E-state index contributed by atoms with van der Waals surface area (Å²) in [6, 6.07) is 6.34. The molecule has 2 aromatic rings. The molecule has 9 heteroatoms. The maximum Gasteiger partial charge on any atom is 0.294 e. The smallest absolute Gasteiger partial charge is 0.294 e. The Balaban J connectivity index is 1.80. The van der Waals surface area contributed by atoms with Gasteiger partial charge in [0.15, 0.2) is 0 Å². The molecule has 0 radical (unpaired) electrons. The van der Waals surface area contributed by atoms with Gasteiger partial charge in [0.05, 0.1) is 18.1 Å². The fraction of sp³-hybridized carbons (Fsp3) is 0.286. The normalized spacial score (nSPS) is 14.5. The highest BCUT2D eigenvalue weighted by Gasteiger charge is 2.14. The number of nitro groups is 1. The first kappa shape index (κ1) is 15.0. The van der Waals surface area contributed by atoms with E-state index in [1.54, 1.807) is 12.1 Å². The predicted molar refractivity (Wildman–Crippen MR) is 85.9 cm³/mol. The molecule has 0 amide bonds. The van der Waals surface area contributed by atoms with Crippen LogP contribution in [-0.2, 0) is 4.74 Å². The van der Waals surface area contributed by atoms with Crippen molar-refractivity contribution in [2.24, 2.45) is 0 Å². The van der Waals surface area contributed by atoms with Gasteiger partial charge in [0, 0.05) is 30.9 Å². The van der Waals surface area contributed by atoms with Crippen LogP contribution in [-0.4, -0.2) is 41.2 Å². The molecule has 23 heavy (non-hydrogen) atoms. The molecular formula is C14H16N6O3. The Hall–Kier alpha value is -2.94. The molecule has 1 aliphatic rings. The van der Waals surface area contributed by atoms with Crippen LogP contribution in [0.3, 0.4) is 0 Å². The molecule has 3 N–H and O–H groups in total. The van der Waals surface area contributed by atoms with E-state index >= 15 is 0 Å². The summed E-state index contributed by atoms with van der Waals surface area (Å²) in [5, 5.41) is 14.0. The van der Waals surface area contributed by atoms with Gasteiger partial charge in [0.25, 0.3) is 5.69 Å². The van der Waals surface area contributed by atoms with E-state index in [1.807, 2.05) is 0 Å². The van der Waals surface area contributed by atoms with Gasteiger partial charge in [-0.05, 0) is 12.1 Å². The third-order valence-electron chi connectivity index (χ3n) is 3.49. The van der Waals surface area contributed by atoms with Crippen LogP contribution in [0.5, 0.6) is 0 Å². The van der Waals surface area contributed by atoms with Gasteiger partial charge in [-0.3, -0.25) is 10.1 Å². The van der Waals surface area contributed by atoms with Gasteiger partial charge in [-0.15, -0.1) is 0 Å². The standard InChI is InChI=1S/C14H16N6O3/c15-11-2-1-10(7-12(11)20(21)22)18-13-8-14(17-9-16-13)19-3-5-23-6-4-19/h1-2,7-9H,3-6,15H2,(H,16,17,18). The number of hydrogen-bond donors (Lipinski definition) is 2. The van der Waals surface area contributed by atoms with Gasteiger partial charge in [-0.25, -0.2) is 9.97 Å². The zero-order chi connectivity index (χ0) is 16.2. The highest BCUT2D eigenvalue weighted by atomic mass is 16.6. The highest BCUT2D eigenvalue weighted by molar-refractivity contribution is 5.69. The lowest BCUT2D eigenvalue weighted by Crippen LogP contribution is -2.36. The number of nitro benzene ring substituents is 1. The van der Waals surface area contributed by atoms with Crippen molar-refractivity contribution >= 4 is 28.7 Å². The van der Waals surface area contributed by atoms with E-state index in [4.69, 9.17) is 10.5 Å². The number of rotatable bonds is 4. The van der Waals surface area contributed by atoms with Gasteiger partial charge >= 0.3 is 0 Å². The summed E-state index contributed by atoms with van der Waals surface area (Å²) in [5.41, 5.74) is 6.11. The van der Waals surface area contributed by atoms with Crippen LogP contribution in [0.1, 0.15) is 0 Å². The van der Waals surface area contributed by atoms with Crippen molar-refractivity contribution in [1.82, 2.24) is 9.97 Å². The number of ether oxygens (including phenoxy) is 1. The molecule has 0 spiro atoms. The first-order valence-corrected chi connectivity index (χ1v) is 7.09. The summed E-state index contributed by atoms with van der Waals surface area (Å²) in [7, 11) is 0. The molecule has 2 heterocycles. The molecule has 0 saturated carbocycles. The van der Waals surface area contributed by atoms with Crippen molar-refractivity contribution in [3.05, 3.63) is 40.7 Å². The average Bonchev–Trinajstić information content (AvgIpc) is 2.57. The summed E-state index contributed by atoms with van der Waals surface area (Å²) < 4.78 is 5.32. The zero-order valence-corrected chi connectivity index (χ0v) is 12.3. The second kappa shape index (κ2) is 6.44. The molecular weight excluding hydrogens is 300 g/mol. The van der Waals surface area contributed by atoms with Gasteiger partial charge in [-0.1, -0.05) is 0 Å². The number of anilines is 4. The SMILES string of the molecule is Nc1ccc(Nc2cc(N3CCOCC3)ncn2)cc1[N+](=O)[O-]. The van der Waals surface area contributed by atoms with E-state index in [0.717, 1.165) is 18.9 Å². The molecule has 1 fully saturated rings. The van der Waals surface area contributed by atoms with Crippen molar-refractivity contribution in [2.75, 3.05) is 42.3 Å². The Morgan fingerprint density at radius 2 is 2.04 bits per heavy atom. The molecule has 9 nitrogen and oxygen atoms in total. The van der Waals surface area contributed by atoms with Crippen LogP contribution in [0.15, 0.2) is 30.6 Å². The number of benzene rings is 1. The van der Waals surface area contributed by atoms with Crippen molar-refractivity contribution < 1.29 is 9.66 Å². The summed E-state index contributed by atoms with van der Waals surface area (Å²) in [6.45, 7) is 2.86. The summed E-state index contributed by atoms with van der Waals surface area (Å²) in [4.78, 5) is 20.9. The fourth-order valence-electron chi connectivity index (χ4n) is 2.31. The number of hydrogen-bond acceptors (Lipinski definition) is 8. The monoisotopic (exact) mass is 316 g/mol. The minimum Gasteiger partial charge on any atom is -0.393 e. The third-order valence-corrected chi connectivity index (χ3v) is 3.49. The summed E-state index contributed by atoms with van der Waals surface area (Å²) in [6.07, 6.45) is 1.46. The minimum atomic E-state index is -0.514. The average molecular weight is 316 g/mol. The largest absolute Gasteiger partial charge is 0.393 e. The first-order chi connectivity index (χ1) is 11.1. The second-order valence-corrected chi connectivity index (χ2v) is 5.02. The van der Waals surface area contributed by atoms with Gasteiger partial charge in [0.1, 0.15) is 23.7 Å². The van der Waals surface area contributed by atoms with Gasteiger partial charge < -0.3 is 20.7 Å². The predicted octanol–water partition coefficient (Wildman–Crippen LogP) is 1.55. The van der Waals surface area contributed by atoms with Gasteiger partial charge in [0.2, 0.25) is 0 Å². The second-order valence-electron chi connectivity index (χ2n) is 5.02. The maximum atomic E-state index is 10.9. The van der Waals surface area contributed by atoms with E-state index < -0.39 is 4.92 Å². The Morgan fingerprint density at radius 1 is 1.26 bits per heavy atom. The first-order valence-electron chi connectivity index (χ1n) is 7.09. The molecule has 0 atom stereocenters. The van der Waals surface area contributed by atoms with Crippen LogP contribution in [0, 0.1) is 10.1 Å². The molecule has 0 unspecified atom stereocenters. The fourth-order valence-corrected chi connectivity index (χ4v) is 2.31. The molecule has 1 aliphatic heterocycles. The van der Waals surface area contributed by atoms with E-state index in [9.17, 15) is 10.1 Å². The number of morpholine rings is 1. The molecule has 0 aliphatic carbocycles. The minimum absolute atomic E-state index is 0.122. The van der Waals surface area contributed by atoms with Crippen molar-refractivity contribution in [2.45, 2.75) is 0 Å². The van der Waals surface area contributed by atoms with Crippen molar-refractivity contribution in [3.8, 4) is 0 Å². The molecule has 1 aromatic carbocycles. The summed E-state index contributed by atoms with van der Waals surface area (Å²) in [5.74, 6) is 1.34. The molecule has 1 saturated heterocycles. The maximum absolute atomic E-state index is 10.9. The van der Waals surface area contributed by atoms with E-state index in [-0.39, 0.29) is 11.4 Å². The Labute approximate surface area is 132 Å². The molecule has 0 bridgehead atoms. The van der Waals surface area contributed by atoms with Crippen LogP contribution < -0.4 is 16.0 Å². The lowest BCUT2D eigenvalue weighted by atomic mass is 10.2. The van der Waals surface area contributed by atoms with Crippen LogP contribution >= 0.6 is 0 Å². The number of nitrogens with two attached hydrogens (primary N) is 1. The number of nitrogens with zero attached hydrogens (tertiary/aromatic N) is 4. The van der Waals surface area contributed by atoms with Crippen LogP contribution in [0.2, 0.25) is 0 Å². The van der Waals surface area contributed by atoms with Crippen molar-refractivity contribution in [3.63, 3.8) is 0 Å². The van der Waals surface area contributed by atoms with E-state index in [2.05, 4.69) is 20.2 Å². The molecule has 120 valence electrons. The quantitative estimate of drug-likeness (QED) is 0.495. The highest BCUT2D eigenvalue weighted by Crippen LogP contribution is 2.27. The van der Waals surface area contributed by atoms with Crippen LogP contribution in [0.4, 0.5) is 28.7 Å². The Kier molecular flexibility index (Phi) is 4.20. The Morgan fingerprint density at radius 3 is 2.78 bits per heavy atom. The van der Waals surface area contributed by atoms with E-state index in [0.29, 0.717) is 24.7 Å². The lowest BCUT2D eigenvalue weighted by molar-refractivity contribution is -0.383.